The molecule has 5 fully saturated rings. The third-order valence-electron chi connectivity index (χ3n) is 10.8. The Labute approximate surface area is 201 Å². The number of aliphatic hydroxyl groups excluding tert-OH is 2. The van der Waals surface area contributed by atoms with Gasteiger partial charge in [0, 0.05) is 22.7 Å². The van der Waals surface area contributed by atoms with Gasteiger partial charge in [-0.15, -0.1) is 0 Å². The topological polar surface area (TPSA) is 93.1 Å². The number of carbonyl (C=O) groups is 2. The van der Waals surface area contributed by atoms with Gasteiger partial charge in [0.1, 0.15) is 6.61 Å². The second-order valence-electron chi connectivity index (χ2n) is 12.3. The van der Waals surface area contributed by atoms with Crippen LogP contribution in [0.4, 0.5) is 0 Å². The van der Waals surface area contributed by atoms with Gasteiger partial charge in [-0.3, -0.25) is 9.59 Å². The maximum Gasteiger partial charge on any atom is 0.193 e. The summed E-state index contributed by atoms with van der Waals surface area (Å²) in [6.45, 7) is 3.69. The van der Waals surface area contributed by atoms with Gasteiger partial charge in [0.25, 0.3) is 0 Å². The monoisotopic (exact) mass is 470 g/mol. The molecular weight excluding hydrogens is 432 g/mol. The standard InChI is InChI=1S/C28H38O6/c1-26-11-10-18(30)12-17(26)8-9-19-20-13-23-28(22(32)15-29,27(20,2)14-21(31)24(19)26)34-25(33-23)16-6-4-3-5-7-16/h10-12,16,19-21,23-25,29,31H,3-9,13-15H2,1-2H3/t19-,20-,21-,23+,24+,25-,26-,27-,28+/m0/s1. The quantitative estimate of drug-likeness (QED) is 0.656. The Morgan fingerprint density at radius 1 is 1.18 bits per heavy atom. The van der Waals surface area contributed by atoms with Gasteiger partial charge in [-0.1, -0.05) is 44.8 Å². The zero-order valence-electron chi connectivity index (χ0n) is 20.4. The molecule has 186 valence electrons. The molecule has 0 aromatic rings. The van der Waals surface area contributed by atoms with Gasteiger partial charge in [0.05, 0.1) is 12.2 Å². The third-order valence-corrected chi connectivity index (χ3v) is 10.8. The van der Waals surface area contributed by atoms with E-state index in [4.69, 9.17) is 9.47 Å². The van der Waals surface area contributed by atoms with E-state index in [9.17, 15) is 19.8 Å². The van der Waals surface area contributed by atoms with Crippen molar-refractivity contribution in [2.45, 2.75) is 95.7 Å². The maximum atomic E-state index is 13.5. The van der Waals surface area contributed by atoms with Crippen molar-refractivity contribution in [3.8, 4) is 0 Å². The third kappa shape index (κ3) is 2.89. The summed E-state index contributed by atoms with van der Waals surface area (Å²) in [5.41, 5.74) is -1.04. The second kappa shape index (κ2) is 7.83. The molecule has 2 N–H and O–H groups in total. The van der Waals surface area contributed by atoms with E-state index >= 15 is 0 Å². The number of aliphatic hydroxyl groups is 2. The van der Waals surface area contributed by atoms with Gasteiger partial charge in [-0.25, -0.2) is 0 Å². The highest BCUT2D eigenvalue weighted by Gasteiger charge is 2.76. The van der Waals surface area contributed by atoms with Crippen molar-refractivity contribution >= 4 is 11.6 Å². The smallest absolute Gasteiger partial charge is 0.193 e. The van der Waals surface area contributed by atoms with Crippen molar-refractivity contribution < 1.29 is 29.3 Å². The van der Waals surface area contributed by atoms with Crippen LogP contribution < -0.4 is 0 Å². The van der Waals surface area contributed by atoms with Crippen LogP contribution in [0.25, 0.3) is 0 Å². The van der Waals surface area contributed by atoms with Crippen LogP contribution in [0.1, 0.15) is 71.6 Å². The van der Waals surface area contributed by atoms with Crippen LogP contribution in [0, 0.1) is 34.5 Å². The zero-order valence-corrected chi connectivity index (χ0v) is 20.4. The number of ether oxygens (including phenoxy) is 2. The van der Waals surface area contributed by atoms with Crippen LogP contribution >= 0.6 is 0 Å². The van der Waals surface area contributed by atoms with Gasteiger partial charge in [0.15, 0.2) is 23.5 Å². The number of fused-ring (bicyclic) bond motifs is 7. The Morgan fingerprint density at radius 3 is 2.68 bits per heavy atom. The van der Waals surface area contributed by atoms with Gasteiger partial charge in [-0.05, 0) is 62.5 Å². The molecule has 9 atom stereocenters. The average molecular weight is 471 g/mol. The summed E-state index contributed by atoms with van der Waals surface area (Å²) in [6.07, 6.45) is 12.5. The number of hydrogen-bond acceptors (Lipinski definition) is 6. The molecule has 34 heavy (non-hydrogen) atoms. The zero-order chi connectivity index (χ0) is 23.9. The molecule has 0 bridgehead atoms. The highest BCUT2D eigenvalue weighted by Crippen LogP contribution is 2.70. The predicted octanol–water partition coefficient (Wildman–Crippen LogP) is 3.50. The molecule has 0 unspecified atom stereocenters. The molecular formula is C28H38O6. The van der Waals surface area contributed by atoms with Gasteiger partial charge in [-0.2, -0.15) is 0 Å². The Morgan fingerprint density at radius 2 is 1.94 bits per heavy atom. The Kier molecular flexibility index (Phi) is 5.31. The lowest BCUT2D eigenvalue weighted by Crippen LogP contribution is -2.63. The predicted molar refractivity (Wildman–Crippen MR) is 125 cm³/mol. The van der Waals surface area contributed by atoms with Gasteiger partial charge in [0.2, 0.25) is 0 Å². The largest absolute Gasteiger partial charge is 0.393 e. The van der Waals surface area contributed by atoms with E-state index in [-0.39, 0.29) is 46.8 Å². The van der Waals surface area contributed by atoms with E-state index < -0.39 is 30.0 Å². The van der Waals surface area contributed by atoms with Crippen molar-refractivity contribution in [3.63, 3.8) is 0 Å². The van der Waals surface area contributed by atoms with E-state index in [1.807, 2.05) is 6.08 Å². The van der Waals surface area contributed by atoms with Crippen LogP contribution in [-0.4, -0.2) is 52.5 Å². The molecule has 5 aliphatic carbocycles. The fourth-order valence-electron chi connectivity index (χ4n) is 9.33. The number of rotatable bonds is 3. The molecule has 6 aliphatic rings. The first-order chi connectivity index (χ1) is 16.2. The fourth-order valence-corrected chi connectivity index (χ4v) is 9.33. The Balaban J connectivity index is 1.37. The van der Waals surface area contributed by atoms with E-state index in [1.54, 1.807) is 12.2 Å². The van der Waals surface area contributed by atoms with Crippen LogP contribution in [0.3, 0.4) is 0 Å². The molecule has 0 amide bonds. The van der Waals surface area contributed by atoms with Crippen molar-refractivity contribution in [2.24, 2.45) is 34.5 Å². The highest BCUT2D eigenvalue weighted by molar-refractivity contribution is 6.01. The number of ketones is 2. The summed E-state index contributed by atoms with van der Waals surface area (Å²) in [5, 5.41) is 21.7. The molecule has 0 spiro atoms. The normalized spacial score (nSPS) is 50.2. The number of carbonyl (C=O) groups excluding carboxylic acids is 2. The van der Waals surface area contributed by atoms with E-state index in [2.05, 4.69) is 13.8 Å². The SMILES string of the molecule is C[C@]12C=CC(=O)C=C1CC[C@@H]1[C@@H]2[C@@H](O)C[C@@]2(C)[C@H]1C[C@H]1O[C@H](C3CCCCC3)O[C@]12C(=O)CO. The van der Waals surface area contributed by atoms with Crippen LogP contribution in [-0.2, 0) is 19.1 Å². The van der Waals surface area contributed by atoms with Crippen LogP contribution in [0.15, 0.2) is 23.8 Å². The maximum absolute atomic E-state index is 13.5. The number of hydrogen-bond donors (Lipinski definition) is 2. The molecule has 0 radical (unpaired) electrons. The fraction of sp³-hybridized carbons (Fsp3) is 0.786. The molecule has 0 aromatic heterocycles. The first-order valence-electron chi connectivity index (χ1n) is 13.3. The molecule has 0 aromatic carbocycles. The molecule has 1 aliphatic heterocycles. The van der Waals surface area contributed by atoms with Crippen LogP contribution in [0.5, 0.6) is 0 Å². The molecule has 1 heterocycles. The summed E-state index contributed by atoms with van der Waals surface area (Å²) in [5.74, 6) is 0.360. The van der Waals surface area contributed by atoms with Crippen molar-refractivity contribution in [2.75, 3.05) is 6.61 Å². The lowest BCUT2D eigenvalue weighted by Gasteiger charge is -2.59. The lowest BCUT2D eigenvalue weighted by molar-refractivity contribution is -0.209. The lowest BCUT2D eigenvalue weighted by atomic mass is 9.46. The minimum atomic E-state index is -1.20. The van der Waals surface area contributed by atoms with Gasteiger partial charge < -0.3 is 19.7 Å². The first-order valence-corrected chi connectivity index (χ1v) is 13.3. The Bertz CT molecular complexity index is 949. The molecule has 6 nitrogen and oxygen atoms in total. The van der Waals surface area contributed by atoms with E-state index in [1.165, 1.54) is 6.42 Å². The number of allylic oxidation sites excluding steroid dienone is 4. The number of Topliss-reactive ketones (excluding diaryl/α,β-unsaturated/α-hetero) is 1. The molecule has 6 heteroatoms. The summed E-state index contributed by atoms with van der Waals surface area (Å²) in [6, 6.07) is 0. The molecule has 6 rings (SSSR count). The van der Waals surface area contributed by atoms with E-state index in [0.717, 1.165) is 50.5 Å². The minimum absolute atomic E-state index is 0.0100. The van der Waals surface area contributed by atoms with Crippen molar-refractivity contribution in [1.29, 1.82) is 0 Å². The average Bonchev–Trinajstić information content (AvgIpc) is 3.32. The highest BCUT2D eigenvalue weighted by atomic mass is 16.7. The Hall–Kier alpha value is -1.34. The minimum Gasteiger partial charge on any atom is -0.393 e. The van der Waals surface area contributed by atoms with Crippen molar-refractivity contribution in [1.82, 2.24) is 0 Å². The summed E-state index contributed by atoms with van der Waals surface area (Å²) in [4.78, 5) is 25.6. The summed E-state index contributed by atoms with van der Waals surface area (Å²) >= 11 is 0. The van der Waals surface area contributed by atoms with E-state index in [0.29, 0.717) is 6.42 Å². The second-order valence-corrected chi connectivity index (χ2v) is 12.3. The first kappa shape index (κ1) is 23.1. The summed E-state index contributed by atoms with van der Waals surface area (Å²) in [7, 11) is 0. The van der Waals surface area contributed by atoms with Gasteiger partial charge >= 0.3 is 0 Å². The molecule has 4 saturated carbocycles. The molecule has 1 saturated heterocycles. The van der Waals surface area contributed by atoms with Crippen LogP contribution in [0.2, 0.25) is 0 Å². The van der Waals surface area contributed by atoms with Crippen molar-refractivity contribution in [3.05, 3.63) is 23.8 Å². The summed E-state index contributed by atoms with van der Waals surface area (Å²) < 4.78 is 13.3.